The summed E-state index contributed by atoms with van der Waals surface area (Å²) in [5.41, 5.74) is 8.47. The molecular formula is C14H20N2O. The van der Waals surface area contributed by atoms with Gasteiger partial charge >= 0.3 is 0 Å². The van der Waals surface area contributed by atoms with Crippen molar-refractivity contribution in [1.29, 1.82) is 0 Å². The predicted octanol–water partition coefficient (Wildman–Crippen LogP) is 1.63. The maximum absolute atomic E-state index is 5.75. The molecule has 0 atom stereocenters. The molecule has 1 aliphatic heterocycles. The van der Waals surface area contributed by atoms with Crippen LogP contribution >= 0.6 is 0 Å². The lowest BCUT2D eigenvalue weighted by molar-refractivity contribution is 0.0336. The number of ether oxygens (including phenoxy) is 1. The Hall–Kier alpha value is -1.06. The largest absolute Gasteiger partial charge is 0.399 e. The topological polar surface area (TPSA) is 38.5 Å². The van der Waals surface area contributed by atoms with Gasteiger partial charge in [0.15, 0.2) is 0 Å². The standard InChI is InChI=1S/C14H20N2O/c15-13-3-1-12(2-4-13)14(5-6-14)11-16-7-9-17-10-8-16/h1-4H,5-11,15H2. The molecule has 17 heavy (non-hydrogen) atoms. The van der Waals surface area contributed by atoms with Crippen molar-refractivity contribution in [2.75, 3.05) is 38.6 Å². The van der Waals surface area contributed by atoms with Gasteiger partial charge in [-0.1, -0.05) is 12.1 Å². The minimum Gasteiger partial charge on any atom is -0.399 e. The van der Waals surface area contributed by atoms with Crippen LogP contribution in [0.3, 0.4) is 0 Å². The Bertz CT molecular complexity index is 378. The number of rotatable bonds is 3. The molecule has 92 valence electrons. The molecule has 1 aromatic rings. The van der Waals surface area contributed by atoms with Crippen LogP contribution in [0.25, 0.3) is 0 Å². The van der Waals surface area contributed by atoms with E-state index in [9.17, 15) is 0 Å². The van der Waals surface area contributed by atoms with Gasteiger partial charge in [0.25, 0.3) is 0 Å². The first-order valence-corrected chi connectivity index (χ1v) is 6.45. The smallest absolute Gasteiger partial charge is 0.0594 e. The molecule has 1 aromatic carbocycles. The fourth-order valence-electron chi connectivity index (χ4n) is 2.71. The second kappa shape index (κ2) is 4.31. The zero-order valence-corrected chi connectivity index (χ0v) is 10.2. The fourth-order valence-corrected chi connectivity index (χ4v) is 2.71. The average Bonchev–Trinajstić information content (AvgIpc) is 3.12. The molecule has 1 saturated heterocycles. The van der Waals surface area contributed by atoms with Gasteiger partial charge < -0.3 is 10.5 Å². The molecule has 0 spiro atoms. The normalized spacial score (nSPS) is 23.5. The molecule has 0 radical (unpaired) electrons. The first-order chi connectivity index (χ1) is 8.28. The Labute approximate surface area is 103 Å². The minimum absolute atomic E-state index is 0.408. The van der Waals surface area contributed by atoms with Crippen molar-refractivity contribution in [3.05, 3.63) is 29.8 Å². The molecule has 0 amide bonds. The lowest BCUT2D eigenvalue weighted by Crippen LogP contribution is -2.41. The molecule has 2 fully saturated rings. The molecule has 3 nitrogen and oxygen atoms in total. The van der Waals surface area contributed by atoms with Crippen LogP contribution in [0.5, 0.6) is 0 Å². The van der Waals surface area contributed by atoms with Gasteiger partial charge in [0.1, 0.15) is 0 Å². The molecule has 1 heterocycles. The molecular weight excluding hydrogens is 212 g/mol. The van der Waals surface area contributed by atoms with Gasteiger partial charge in [0.05, 0.1) is 13.2 Å². The van der Waals surface area contributed by atoms with E-state index in [4.69, 9.17) is 10.5 Å². The molecule has 2 aliphatic rings. The highest BCUT2D eigenvalue weighted by Gasteiger charge is 2.45. The number of hydrogen-bond acceptors (Lipinski definition) is 3. The first-order valence-electron chi connectivity index (χ1n) is 6.45. The summed E-state index contributed by atoms with van der Waals surface area (Å²) in [7, 11) is 0. The Balaban J connectivity index is 1.70. The van der Waals surface area contributed by atoms with Crippen LogP contribution in [0, 0.1) is 0 Å². The maximum Gasteiger partial charge on any atom is 0.0594 e. The van der Waals surface area contributed by atoms with E-state index < -0.39 is 0 Å². The lowest BCUT2D eigenvalue weighted by atomic mass is 9.95. The van der Waals surface area contributed by atoms with Crippen molar-refractivity contribution in [2.45, 2.75) is 18.3 Å². The summed E-state index contributed by atoms with van der Waals surface area (Å²) in [4.78, 5) is 2.53. The number of benzene rings is 1. The number of anilines is 1. The quantitative estimate of drug-likeness (QED) is 0.805. The van der Waals surface area contributed by atoms with E-state index in [1.165, 1.54) is 24.9 Å². The molecule has 0 aromatic heterocycles. The third kappa shape index (κ3) is 2.31. The minimum atomic E-state index is 0.408. The Morgan fingerprint density at radius 2 is 1.76 bits per heavy atom. The van der Waals surface area contributed by atoms with Crippen molar-refractivity contribution in [3.8, 4) is 0 Å². The van der Waals surface area contributed by atoms with Gasteiger partial charge in [0, 0.05) is 30.7 Å². The van der Waals surface area contributed by atoms with Crippen LogP contribution in [0.1, 0.15) is 18.4 Å². The SMILES string of the molecule is Nc1ccc(C2(CN3CCOCC3)CC2)cc1. The highest BCUT2D eigenvalue weighted by atomic mass is 16.5. The van der Waals surface area contributed by atoms with E-state index in [0.717, 1.165) is 32.0 Å². The van der Waals surface area contributed by atoms with E-state index in [2.05, 4.69) is 17.0 Å². The van der Waals surface area contributed by atoms with Crippen LogP contribution in [-0.4, -0.2) is 37.7 Å². The number of hydrogen-bond donors (Lipinski definition) is 1. The third-order valence-corrected chi connectivity index (χ3v) is 4.01. The molecule has 1 saturated carbocycles. The van der Waals surface area contributed by atoms with Crippen LogP contribution in [0.4, 0.5) is 5.69 Å². The molecule has 0 unspecified atom stereocenters. The Kier molecular flexibility index (Phi) is 2.81. The average molecular weight is 232 g/mol. The fraction of sp³-hybridized carbons (Fsp3) is 0.571. The van der Waals surface area contributed by atoms with E-state index >= 15 is 0 Å². The third-order valence-electron chi connectivity index (χ3n) is 4.01. The summed E-state index contributed by atoms with van der Waals surface area (Å²) in [6.45, 7) is 5.11. The first kappa shape index (κ1) is 11.1. The number of nitrogen functional groups attached to an aromatic ring is 1. The summed E-state index contributed by atoms with van der Waals surface area (Å²) < 4.78 is 5.40. The molecule has 0 bridgehead atoms. The second-order valence-electron chi connectivity index (χ2n) is 5.29. The molecule has 3 heteroatoms. The van der Waals surface area contributed by atoms with Gasteiger partial charge in [-0.05, 0) is 30.5 Å². The van der Waals surface area contributed by atoms with Crippen LogP contribution in [-0.2, 0) is 10.2 Å². The summed E-state index contributed by atoms with van der Waals surface area (Å²) >= 11 is 0. The van der Waals surface area contributed by atoms with Crippen molar-refractivity contribution in [1.82, 2.24) is 4.90 Å². The zero-order valence-electron chi connectivity index (χ0n) is 10.2. The maximum atomic E-state index is 5.75. The highest BCUT2D eigenvalue weighted by molar-refractivity contribution is 5.43. The van der Waals surface area contributed by atoms with Crippen molar-refractivity contribution >= 4 is 5.69 Å². The molecule has 3 rings (SSSR count). The Morgan fingerprint density at radius 1 is 1.12 bits per heavy atom. The van der Waals surface area contributed by atoms with Gasteiger partial charge in [-0.2, -0.15) is 0 Å². The number of nitrogens with two attached hydrogens (primary N) is 1. The summed E-state index contributed by atoms with van der Waals surface area (Å²) in [6.07, 6.45) is 2.63. The lowest BCUT2D eigenvalue weighted by Gasteiger charge is -2.30. The van der Waals surface area contributed by atoms with Gasteiger partial charge in [0.2, 0.25) is 0 Å². The summed E-state index contributed by atoms with van der Waals surface area (Å²) in [5.74, 6) is 0. The van der Waals surface area contributed by atoms with E-state index in [-0.39, 0.29) is 0 Å². The Morgan fingerprint density at radius 3 is 2.35 bits per heavy atom. The van der Waals surface area contributed by atoms with E-state index in [0.29, 0.717) is 5.41 Å². The second-order valence-corrected chi connectivity index (χ2v) is 5.29. The monoisotopic (exact) mass is 232 g/mol. The van der Waals surface area contributed by atoms with Gasteiger partial charge in [-0.25, -0.2) is 0 Å². The highest BCUT2D eigenvalue weighted by Crippen LogP contribution is 2.48. The van der Waals surface area contributed by atoms with Crippen LogP contribution < -0.4 is 5.73 Å². The van der Waals surface area contributed by atoms with Crippen LogP contribution in [0.15, 0.2) is 24.3 Å². The zero-order chi connectivity index (χ0) is 11.7. The number of nitrogens with zero attached hydrogens (tertiary/aromatic N) is 1. The predicted molar refractivity (Wildman–Crippen MR) is 69.0 cm³/mol. The van der Waals surface area contributed by atoms with E-state index in [1.54, 1.807) is 0 Å². The summed E-state index contributed by atoms with van der Waals surface area (Å²) in [6, 6.07) is 8.44. The van der Waals surface area contributed by atoms with E-state index in [1.807, 2.05) is 12.1 Å². The van der Waals surface area contributed by atoms with Crippen molar-refractivity contribution in [2.24, 2.45) is 0 Å². The van der Waals surface area contributed by atoms with Gasteiger partial charge in [-0.3, -0.25) is 4.90 Å². The number of morpholine rings is 1. The van der Waals surface area contributed by atoms with Crippen molar-refractivity contribution < 1.29 is 4.74 Å². The molecule has 1 aliphatic carbocycles. The summed E-state index contributed by atoms with van der Waals surface area (Å²) in [5, 5.41) is 0. The van der Waals surface area contributed by atoms with Crippen molar-refractivity contribution in [3.63, 3.8) is 0 Å². The molecule has 2 N–H and O–H groups in total. The van der Waals surface area contributed by atoms with Gasteiger partial charge in [-0.15, -0.1) is 0 Å². The van der Waals surface area contributed by atoms with Crippen LogP contribution in [0.2, 0.25) is 0 Å².